The summed E-state index contributed by atoms with van der Waals surface area (Å²) in [6.07, 6.45) is 23.6. The molecule has 3 aliphatic carbocycles. The van der Waals surface area contributed by atoms with Gasteiger partial charge in [0.25, 0.3) is 0 Å². The maximum Gasteiger partial charge on any atom is 0.0956 e. The van der Waals surface area contributed by atoms with Crippen LogP contribution in [0.2, 0.25) is 0 Å². The normalized spacial score (nSPS) is 42.4. The van der Waals surface area contributed by atoms with Crippen LogP contribution in [0.4, 0.5) is 0 Å². The molecule has 33 heavy (non-hydrogen) atoms. The van der Waals surface area contributed by atoms with Gasteiger partial charge in [0, 0.05) is 18.4 Å². The Balaban J connectivity index is 1.29. The van der Waals surface area contributed by atoms with Gasteiger partial charge < -0.3 is 10.1 Å². The van der Waals surface area contributed by atoms with E-state index in [2.05, 4.69) is 68.5 Å². The van der Waals surface area contributed by atoms with Gasteiger partial charge in [-0.25, -0.2) is 0 Å². The minimum Gasteiger partial charge on any atom is -0.359 e. The second-order valence-electron chi connectivity index (χ2n) is 11.9. The van der Waals surface area contributed by atoms with Crippen LogP contribution in [-0.4, -0.2) is 29.3 Å². The van der Waals surface area contributed by atoms with Crippen molar-refractivity contribution in [1.29, 1.82) is 0 Å². The van der Waals surface area contributed by atoms with Crippen molar-refractivity contribution in [1.82, 2.24) is 10.3 Å². The Morgan fingerprint density at radius 1 is 1.24 bits per heavy atom. The molecule has 1 aromatic heterocycles. The minimum atomic E-state index is -0.0316. The Morgan fingerprint density at radius 2 is 2.12 bits per heavy atom. The highest BCUT2D eigenvalue weighted by atomic mass is 16.5. The van der Waals surface area contributed by atoms with Crippen LogP contribution in [0.25, 0.3) is 6.08 Å². The smallest absolute Gasteiger partial charge is 0.0956 e. The first-order valence-electron chi connectivity index (χ1n) is 13.3. The van der Waals surface area contributed by atoms with Crippen molar-refractivity contribution >= 4 is 6.08 Å². The number of allylic oxidation sites excluding steroid dienone is 1. The third-order valence-electron chi connectivity index (χ3n) is 10.5. The van der Waals surface area contributed by atoms with Gasteiger partial charge in [0.2, 0.25) is 0 Å². The molecule has 1 aromatic rings. The van der Waals surface area contributed by atoms with Gasteiger partial charge in [-0.2, -0.15) is 0 Å². The summed E-state index contributed by atoms with van der Waals surface area (Å²) in [6, 6.07) is 2.68. The van der Waals surface area contributed by atoms with Crippen LogP contribution in [0.1, 0.15) is 76.3 Å². The van der Waals surface area contributed by atoms with E-state index in [4.69, 9.17) is 4.74 Å². The molecule has 3 nitrogen and oxygen atoms in total. The molecule has 0 radical (unpaired) electrons. The second kappa shape index (κ2) is 7.65. The van der Waals surface area contributed by atoms with E-state index in [1.54, 1.807) is 5.57 Å². The predicted molar refractivity (Wildman–Crippen MR) is 135 cm³/mol. The lowest BCUT2D eigenvalue weighted by atomic mass is 9.55. The fourth-order valence-corrected chi connectivity index (χ4v) is 8.66. The number of nitrogens with one attached hydrogen (secondary N) is 1. The molecule has 6 rings (SSSR count). The summed E-state index contributed by atoms with van der Waals surface area (Å²) >= 11 is 0. The number of hydrogen-bond donors (Lipinski definition) is 1. The van der Waals surface area contributed by atoms with Crippen LogP contribution in [0.3, 0.4) is 0 Å². The van der Waals surface area contributed by atoms with E-state index in [9.17, 15) is 0 Å². The quantitative estimate of drug-likeness (QED) is 0.583. The Hall–Kier alpha value is -1.71. The molecule has 0 aromatic carbocycles. The summed E-state index contributed by atoms with van der Waals surface area (Å²) < 4.78 is 7.36. The van der Waals surface area contributed by atoms with Crippen LogP contribution in [0.5, 0.6) is 0 Å². The van der Waals surface area contributed by atoms with Gasteiger partial charge >= 0.3 is 0 Å². The SMILES string of the molecule is CNC1CC=C2C=C3CCC4(C)C(C(C)C=Cc5ccncc5C)CCC4C34CCC2(C1)O4. The predicted octanol–water partition coefficient (Wildman–Crippen LogP) is 6.40. The Labute approximate surface area is 199 Å². The molecule has 3 fully saturated rings. The summed E-state index contributed by atoms with van der Waals surface area (Å²) in [5.41, 5.74) is 6.01. The molecule has 1 saturated heterocycles. The number of rotatable bonds is 4. The van der Waals surface area contributed by atoms with Crippen LogP contribution in [0.15, 0.2) is 47.8 Å². The summed E-state index contributed by atoms with van der Waals surface area (Å²) in [5, 5.41) is 3.53. The first-order chi connectivity index (χ1) is 15.9. The maximum absolute atomic E-state index is 7.36. The van der Waals surface area contributed by atoms with E-state index < -0.39 is 0 Å². The van der Waals surface area contributed by atoms with Crippen molar-refractivity contribution in [2.45, 2.75) is 89.4 Å². The van der Waals surface area contributed by atoms with Crippen LogP contribution >= 0.6 is 0 Å². The molecule has 3 heterocycles. The van der Waals surface area contributed by atoms with Crippen molar-refractivity contribution in [3.05, 3.63) is 59.0 Å². The summed E-state index contributed by atoms with van der Waals surface area (Å²) in [4.78, 5) is 4.25. The number of hydrogen-bond acceptors (Lipinski definition) is 3. The number of aryl methyl sites for hydroxylation is 1. The van der Waals surface area contributed by atoms with Gasteiger partial charge in [-0.05, 0) is 117 Å². The minimum absolute atomic E-state index is 0.000155. The van der Waals surface area contributed by atoms with E-state index >= 15 is 0 Å². The van der Waals surface area contributed by atoms with Crippen molar-refractivity contribution in [3.8, 4) is 0 Å². The molecule has 5 aliphatic rings. The second-order valence-corrected chi connectivity index (χ2v) is 11.9. The van der Waals surface area contributed by atoms with E-state index in [1.165, 1.54) is 55.2 Å². The molecule has 2 bridgehead atoms. The number of nitrogens with zero attached hydrogens (tertiary/aromatic N) is 1. The highest BCUT2D eigenvalue weighted by molar-refractivity contribution is 5.53. The van der Waals surface area contributed by atoms with Crippen molar-refractivity contribution in [2.75, 3.05) is 7.05 Å². The standard InChI is InChI=1S/C30H40N2O/c1-20(5-6-22-12-16-32-19-21(22)2)26-9-10-27-28(26,3)13-11-24-17-23-7-8-25(31-4)18-29(23)14-15-30(24,27)33-29/h5-7,12,16-17,19-20,25-27,31H,8-11,13-15,18H2,1-4H3. The molecule has 7 unspecified atom stereocenters. The summed E-state index contributed by atoms with van der Waals surface area (Å²) in [7, 11) is 2.11. The number of aromatic nitrogens is 1. The Kier molecular flexibility index (Phi) is 5.05. The highest BCUT2D eigenvalue weighted by Gasteiger charge is 2.67. The maximum atomic E-state index is 7.36. The zero-order valence-corrected chi connectivity index (χ0v) is 20.9. The van der Waals surface area contributed by atoms with Gasteiger partial charge in [-0.3, -0.25) is 4.98 Å². The monoisotopic (exact) mass is 444 g/mol. The van der Waals surface area contributed by atoms with Crippen molar-refractivity contribution < 1.29 is 4.74 Å². The fraction of sp³-hybridized carbons (Fsp3) is 0.633. The van der Waals surface area contributed by atoms with E-state index in [-0.39, 0.29) is 11.2 Å². The zero-order valence-electron chi connectivity index (χ0n) is 20.9. The lowest BCUT2D eigenvalue weighted by Gasteiger charge is -2.56. The van der Waals surface area contributed by atoms with Crippen LogP contribution < -0.4 is 5.32 Å². The topological polar surface area (TPSA) is 34.2 Å². The molecule has 176 valence electrons. The highest BCUT2D eigenvalue weighted by Crippen LogP contribution is 2.69. The molecule has 0 amide bonds. The molecule has 3 heteroatoms. The van der Waals surface area contributed by atoms with E-state index in [0.717, 1.165) is 18.8 Å². The van der Waals surface area contributed by atoms with Gasteiger partial charge in [0.05, 0.1) is 11.2 Å². The average molecular weight is 445 g/mol. The van der Waals surface area contributed by atoms with Gasteiger partial charge in [0.15, 0.2) is 0 Å². The van der Waals surface area contributed by atoms with E-state index in [0.29, 0.717) is 23.3 Å². The average Bonchev–Trinajstić information content (AvgIpc) is 3.33. The molecule has 7 atom stereocenters. The van der Waals surface area contributed by atoms with Crippen LogP contribution in [0, 0.1) is 30.1 Å². The molecule has 2 saturated carbocycles. The Morgan fingerprint density at radius 3 is 2.94 bits per heavy atom. The summed E-state index contributed by atoms with van der Waals surface area (Å²) in [6.45, 7) is 7.22. The van der Waals surface area contributed by atoms with Gasteiger partial charge in [-0.1, -0.05) is 38.2 Å². The number of fused-ring (bicyclic) bond motifs is 1. The van der Waals surface area contributed by atoms with Crippen molar-refractivity contribution in [2.24, 2.45) is 23.2 Å². The number of ether oxygens (including phenoxy) is 1. The third-order valence-corrected chi connectivity index (χ3v) is 10.5. The molecular weight excluding hydrogens is 404 g/mol. The summed E-state index contributed by atoms with van der Waals surface area (Å²) in [5.74, 6) is 1.96. The first kappa shape index (κ1) is 21.8. The molecule has 2 spiro atoms. The largest absolute Gasteiger partial charge is 0.359 e. The van der Waals surface area contributed by atoms with Gasteiger partial charge in [-0.15, -0.1) is 0 Å². The van der Waals surface area contributed by atoms with Gasteiger partial charge in [0.1, 0.15) is 0 Å². The lowest BCUT2D eigenvalue weighted by Crippen LogP contribution is -2.55. The third kappa shape index (κ3) is 3.11. The molecule has 2 aliphatic heterocycles. The van der Waals surface area contributed by atoms with Crippen molar-refractivity contribution in [3.63, 3.8) is 0 Å². The number of pyridine rings is 1. The van der Waals surface area contributed by atoms with E-state index in [1.807, 2.05) is 12.4 Å². The molecular formula is C30H40N2O. The van der Waals surface area contributed by atoms with Crippen LogP contribution in [-0.2, 0) is 4.74 Å². The lowest BCUT2D eigenvalue weighted by molar-refractivity contribution is -0.146. The zero-order chi connectivity index (χ0) is 22.8. The Bertz CT molecular complexity index is 1040. The molecule has 1 N–H and O–H groups in total. The first-order valence-corrected chi connectivity index (χ1v) is 13.3. The fourth-order valence-electron chi connectivity index (χ4n) is 8.66.